The third-order valence-corrected chi connectivity index (χ3v) is 3.06. The molecule has 5 heteroatoms. The van der Waals surface area contributed by atoms with E-state index >= 15 is 0 Å². The highest BCUT2D eigenvalue weighted by atomic mass is 19.4. The number of rotatable bonds is 5. The zero-order valence-corrected chi connectivity index (χ0v) is 9.08. The van der Waals surface area contributed by atoms with Crippen LogP contribution in [0.25, 0.3) is 0 Å². The van der Waals surface area contributed by atoms with E-state index in [1.54, 1.807) is 0 Å². The van der Waals surface area contributed by atoms with Crippen molar-refractivity contribution >= 4 is 0 Å². The van der Waals surface area contributed by atoms with E-state index in [9.17, 15) is 13.2 Å². The summed E-state index contributed by atoms with van der Waals surface area (Å²) in [5.41, 5.74) is 0.0333. The molecule has 0 saturated carbocycles. The Bertz CT molecular complexity index is 186. The van der Waals surface area contributed by atoms with Crippen molar-refractivity contribution in [3.8, 4) is 0 Å². The molecule has 0 aromatic heterocycles. The minimum atomic E-state index is -4.05. The van der Waals surface area contributed by atoms with Gasteiger partial charge in [0, 0.05) is 18.6 Å². The predicted octanol–water partition coefficient (Wildman–Crippen LogP) is 2.06. The van der Waals surface area contributed by atoms with Gasteiger partial charge in [-0.15, -0.1) is 0 Å². The first-order chi connectivity index (χ1) is 6.97. The molecular formula is C10H19F3N2. The molecule has 0 bridgehead atoms. The summed E-state index contributed by atoms with van der Waals surface area (Å²) >= 11 is 0. The highest BCUT2D eigenvalue weighted by Crippen LogP contribution is 2.22. The van der Waals surface area contributed by atoms with Crippen LogP contribution in [0.1, 0.15) is 32.6 Å². The van der Waals surface area contributed by atoms with Crippen LogP contribution in [-0.4, -0.2) is 31.3 Å². The van der Waals surface area contributed by atoms with Crippen molar-refractivity contribution in [2.75, 3.05) is 19.6 Å². The minimum absolute atomic E-state index is 0.0208. The van der Waals surface area contributed by atoms with Crippen LogP contribution in [0.5, 0.6) is 0 Å². The molecule has 0 amide bonds. The molecule has 15 heavy (non-hydrogen) atoms. The van der Waals surface area contributed by atoms with Crippen molar-refractivity contribution in [3.05, 3.63) is 0 Å². The lowest BCUT2D eigenvalue weighted by molar-refractivity contribution is -0.133. The SMILES string of the molecule is CCC1(CNCCC(F)(F)F)CCCN1. The van der Waals surface area contributed by atoms with Crippen LogP contribution in [0, 0.1) is 0 Å². The van der Waals surface area contributed by atoms with Gasteiger partial charge in [-0.3, -0.25) is 0 Å². The second-order valence-electron chi connectivity index (χ2n) is 4.21. The van der Waals surface area contributed by atoms with Crippen molar-refractivity contribution < 1.29 is 13.2 Å². The van der Waals surface area contributed by atoms with Crippen molar-refractivity contribution in [1.29, 1.82) is 0 Å². The third-order valence-electron chi connectivity index (χ3n) is 3.06. The fraction of sp³-hybridized carbons (Fsp3) is 1.00. The summed E-state index contributed by atoms with van der Waals surface area (Å²) < 4.78 is 35.6. The van der Waals surface area contributed by atoms with E-state index < -0.39 is 12.6 Å². The maximum atomic E-state index is 11.9. The Labute approximate surface area is 88.6 Å². The molecule has 1 saturated heterocycles. The van der Waals surface area contributed by atoms with Crippen molar-refractivity contribution in [3.63, 3.8) is 0 Å². The maximum Gasteiger partial charge on any atom is 0.390 e. The normalized spacial score (nSPS) is 27.2. The third kappa shape index (κ3) is 4.38. The molecular weight excluding hydrogens is 205 g/mol. The average molecular weight is 224 g/mol. The Morgan fingerprint density at radius 3 is 2.60 bits per heavy atom. The van der Waals surface area contributed by atoms with Crippen LogP contribution in [0.15, 0.2) is 0 Å². The lowest BCUT2D eigenvalue weighted by Crippen LogP contribution is -2.48. The zero-order valence-electron chi connectivity index (χ0n) is 9.08. The summed E-state index contributed by atoms with van der Waals surface area (Å²) in [5.74, 6) is 0. The van der Waals surface area contributed by atoms with Gasteiger partial charge in [0.1, 0.15) is 0 Å². The van der Waals surface area contributed by atoms with E-state index in [1.165, 1.54) is 0 Å². The number of nitrogens with one attached hydrogen (secondary N) is 2. The number of alkyl halides is 3. The predicted molar refractivity (Wildman–Crippen MR) is 53.8 cm³/mol. The molecule has 0 aromatic rings. The van der Waals surface area contributed by atoms with Gasteiger partial charge in [-0.05, 0) is 25.8 Å². The highest BCUT2D eigenvalue weighted by Gasteiger charge is 2.31. The zero-order chi connectivity index (χ0) is 11.4. The lowest BCUT2D eigenvalue weighted by atomic mass is 9.94. The number of halogens is 3. The first-order valence-corrected chi connectivity index (χ1v) is 5.50. The second kappa shape index (κ2) is 5.16. The molecule has 1 atom stereocenters. The molecule has 0 aromatic carbocycles. The fourth-order valence-corrected chi connectivity index (χ4v) is 2.00. The highest BCUT2D eigenvalue weighted by molar-refractivity contribution is 4.93. The van der Waals surface area contributed by atoms with Crippen molar-refractivity contribution in [2.45, 2.75) is 44.3 Å². The van der Waals surface area contributed by atoms with Gasteiger partial charge in [0.2, 0.25) is 0 Å². The monoisotopic (exact) mass is 224 g/mol. The first-order valence-electron chi connectivity index (χ1n) is 5.50. The van der Waals surface area contributed by atoms with Crippen molar-refractivity contribution in [2.24, 2.45) is 0 Å². The molecule has 1 unspecified atom stereocenters. The van der Waals surface area contributed by atoms with Crippen LogP contribution in [0.4, 0.5) is 13.2 Å². The summed E-state index contributed by atoms with van der Waals surface area (Å²) in [6, 6.07) is 0. The van der Waals surface area contributed by atoms with Gasteiger partial charge < -0.3 is 10.6 Å². The van der Waals surface area contributed by atoms with Crippen LogP contribution >= 0.6 is 0 Å². The fourth-order valence-electron chi connectivity index (χ4n) is 2.00. The van der Waals surface area contributed by atoms with Gasteiger partial charge in [0.05, 0.1) is 6.42 Å². The lowest BCUT2D eigenvalue weighted by Gasteiger charge is -2.28. The van der Waals surface area contributed by atoms with Crippen LogP contribution in [-0.2, 0) is 0 Å². The van der Waals surface area contributed by atoms with E-state index in [-0.39, 0.29) is 12.1 Å². The summed E-state index contributed by atoms with van der Waals surface area (Å²) in [6.07, 6.45) is -1.65. The largest absolute Gasteiger partial charge is 0.390 e. The molecule has 1 fully saturated rings. The maximum absolute atomic E-state index is 11.9. The van der Waals surface area contributed by atoms with E-state index in [4.69, 9.17) is 0 Å². The van der Waals surface area contributed by atoms with E-state index in [0.717, 1.165) is 25.8 Å². The molecule has 90 valence electrons. The molecule has 1 heterocycles. The van der Waals surface area contributed by atoms with Crippen LogP contribution < -0.4 is 10.6 Å². The minimum Gasteiger partial charge on any atom is -0.315 e. The Morgan fingerprint density at radius 1 is 1.40 bits per heavy atom. The average Bonchev–Trinajstić information content (AvgIpc) is 2.60. The molecule has 0 radical (unpaired) electrons. The Hall–Kier alpha value is -0.290. The molecule has 1 rings (SSSR count). The van der Waals surface area contributed by atoms with Gasteiger partial charge in [-0.1, -0.05) is 6.92 Å². The Balaban J connectivity index is 2.18. The standard InChI is InChI=1S/C10H19F3N2/c1-2-9(4-3-6-15-9)8-14-7-5-10(11,12)13/h14-15H,2-8H2,1H3. The van der Waals surface area contributed by atoms with Crippen LogP contribution in [0.2, 0.25) is 0 Å². The van der Waals surface area contributed by atoms with Gasteiger partial charge >= 0.3 is 6.18 Å². The van der Waals surface area contributed by atoms with E-state index in [1.807, 2.05) is 0 Å². The van der Waals surface area contributed by atoms with E-state index in [0.29, 0.717) is 6.54 Å². The summed E-state index contributed by atoms with van der Waals surface area (Å²) in [5, 5.41) is 6.27. The van der Waals surface area contributed by atoms with Gasteiger partial charge in [-0.25, -0.2) is 0 Å². The number of hydrogen-bond acceptors (Lipinski definition) is 2. The van der Waals surface area contributed by atoms with Crippen molar-refractivity contribution in [1.82, 2.24) is 10.6 Å². The smallest absolute Gasteiger partial charge is 0.315 e. The first kappa shape index (κ1) is 12.8. The van der Waals surface area contributed by atoms with Gasteiger partial charge in [0.25, 0.3) is 0 Å². The summed E-state index contributed by atoms with van der Waals surface area (Å²) in [4.78, 5) is 0. The molecule has 1 aliphatic heterocycles. The molecule has 0 spiro atoms. The molecule has 0 aliphatic carbocycles. The Morgan fingerprint density at radius 2 is 2.13 bits per heavy atom. The summed E-state index contributed by atoms with van der Waals surface area (Å²) in [6.45, 7) is 3.71. The number of hydrogen-bond donors (Lipinski definition) is 2. The second-order valence-corrected chi connectivity index (χ2v) is 4.21. The molecule has 2 nitrogen and oxygen atoms in total. The molecule has 1 aliphatic rings. The van der Waals surface area contributed by atoms with Gasteiger partial charge in [0.15, 0.2) is 0 Å². The molecule has 2 N–H and O–H groups in total. The topological polar surface area (TPSA) is 24.1 Å². The van der Waals surface area contributed by atoms with Crippen LogP contribution in [0.3, 0.4) is 0 Å². The quantitative estimate of drug-likeness (QED) is 0.698. The Kier molecular flexibility index (Phi) is 4.40. The van der Waals surface area contributed by atoms with E-state index in [2.05, 4.69) is 17.6 Å². The van der Waals surface area contributed by atoms with Gasteiger partial charge in [-0.2, -0.15) is 13.2 Å². The summed E-state index contributed by atoms with van der Waals surface area (Å²) in [7, 11) is 0.